The molecule has 144 valence electrons. The fourth-order valence-electron chi connectivity index (χ4n) is 2.58. The van der Waals surface area contributed by atoms with Crippen LogP contribution in [0.1, 0.15) is 21.5 Å². The number of hydrogen-bond acceptors (Lipinski definition) is 3. The lowest BCUT2D eigenvalue weighted by molar-refractivity contribution is 0.102. The zero-order valence-electron chi connectivity index (χ0n) is 15.4. The van der Waals surface area contributed by atoms with E-state index in [0.29, 0.717) is 11.4 Å². The van der Waals surface area contributed by atoms with Crippen LogP contribution in [0.4, 0.5) is 11.4 Å². The summed E-state index contributed by atoms with van der Waals surface area (Å²) in [5, 5.41) is 2.87. The predicted octanol–water partition coefficient (Wildman–Crippen LogP) is 5.01. The number of para-hydroxylation sites is 1. The fraction of sp³-hybridized carbons (Fsp3) is 0.0952. The molecular weight excluding hydrogens is 396 g/mol. The summed E-state index contributed by atoms with van der Waals surface area (Å²) in [7, 11) is -3.88. The molecule has 0 aliphatic rings. The Morgan fingerprint density at radius 2 is 1.57 bits per heavy atom. The SMILES string of the molecule is Cc1ccc(NS(=O)(=O)c2ccc(Cl)c(C(=O)Nc3ccccc3)c2)cc1C. The number of carbonyl (C=O) groups excluding carboxylic acids is 1. The van der Waals surface area contributed by atoms with Crippen LogP contribution in [0.25, 0.3) is 0 Å². The summed E-state index contributed by atoms with van der Waals surface area (Å²) in [4.78, 5) is 12.5. The van der Waals surface area contributed by atoms with Crippen molar-refractivity contribution in [3.63, 3.8) is 0 Å². The molecule has 2 N–H and O–H groups in total. The molecule has 0 bridgehead atoms. The quantitative estimate of drug-likeness (QED) is 0.616. The molecule has 0 aliphatic heterocycles. The highest BCUT2D eigenvalue weighted by Gasteiger charge is 2.19. The summed E-state index contributed by atoms with van der Waals surface area (Å²) in [6.07, 6.45) is 0. The van der Waals surface area contributed by atoms with Crippen LogP contribution >= 0.6 is 11.6 Å². The zero-order valence-corrected chi connectivity index (χ0v) is 16.9. The Morgan fingerprint density at radius 3 is 2.25 bits per heavy atom. The first-order chi connectivity index (χ1) is 13.3. The summed E-state index contributed by atoms with van der Waals surface area (Å²) in [5.74, 6) is -0.487. The van der Waals surface area contributed by atoms with Gasteiger partial charge in [-0.05, 0) is 67.4 Å². The van der Waals surface area contributed by atoms with E-state index in [-0.39, 0.29) is 15.5 Å². The van der Waals surface area contributed by atoms with Gasteiger partial charge in [-0.15, -0.1) is 0 Å². The van der Waals surface area contributed by atoms with E-state index in [2.05, 4.69) is 10.0 Å². The molecule has 28 heavy (non-hydrogen) atoms. The monoisotopic (exact) mass is 414 g/mol. The number of halogens is 1. The van der Waals surface area contributed by atoms with Crippen LogP contribution in [-0.4, -0.2) is 14.3 Å². The average Bonchev–Trinajstić information content (AvgIpc) is 2.65. The van der Waals surface area contributed by atoms with E-state index in [4.69, 9.17) is 11.6 Å². The Morgan fingerprint density at radius 1 is 0.857 bits per heavy atom. The molecule has 3 aromatic rings. The van der Waals surface area contributed by atoms with Crippen molar-refractivity contribution in [3.8, 4) is 0 Å². The lowest BCUT2D eigenvalue weighted by Gasteiger charge is -2.12. The fourth-order valence-corrected chi connectivity index (χ4v) is 3.86. The summed E-state index contributed by atoms with van der Waals surface area (Å²) in [6.45, 7) is 3.85. The Labute approximate surface area is 169 Å². The molecule has 3 rings (SSSR count). The topological polar surface area (TPSA) is 75.3 Å². The van der Waals surface area contributed by atoms with E-state index in [0.717, 1.165) is 11.1 Å². The van der Waals surface area contributed by atoms with Gasteiger partial charge in [0.05, 0.1) is 15.5 Å². The minimum atomic E-state index is -3.88. The summed E-state index contributed by atoms with van der Waals surface area (Å²) in [6, 6.07) is 18.2. The number of nitrogens with one attached hydrogen (secondary N) is 2. The van der Waals surface area contributed by atoms with Gasteiger partial charge < -0.3 is 5.32 Å². The van der Waals surface area contributed by atoms with Gasteiger partial charge in [0.25, 0.3) is 15.9 Å². The van der Waals surface area contributed by atoms with Gasteiger partial charge in [0.15, 0.2) is 0 Å². The molecule has 1 amide bonds. The first-order valence-electron chi connectivity index (χ1n) is 8.52. The molecule has 0 aromatic heterocycles. The van der Waals surface area contributed by atoms with E-state index in [1.54, 1.807) is 36.4 Å². The average molecular weight is 415 g/mol. The predicted molar refractivity (Wildman–Crippen MR) is 113 cm³/mol. The number of anilines is 2. The third-order valence-electron chi connectivity index (χ3n) is 4.28. The lowest BCUT2D eigenvalue weighted by Crippen LogP contribution is -2.16. The minimum absolute atomic E-state index is 0.0478. The second-order valence-electron chi connectivity index (χ2n) is 6.37. The third-order valence-corrected chi connectivity index (χ3v) is 5.99. The molecule has 0 unspecified atom stereocenters. The van der Waals surface area contributed by atoms with Crippen molar-refractivity contribution in [2.24, 2.45) is 0 Å². The number of amides is 1. The van der Waals surface area contributed by atoms with E-state index in [1.807, 2.05) is 26.0 Å². The third kappa shape index (κ3) is 4.52. The van der Waals surface area contributed by atoms with Gasteiger partial charge in [0.1, 0.15) is 0 Å². The Bertz CT molecular complexity index is 1130. The summed E-state index contributed by atoms with van der Waals surface area (Å²) >= 11 is 6.13. The van der Waals surface area contributed by atoms with Crippen molar-refractivity contribution < 1.29 is 13.2 Å². The standard InChI is InChI=1S/C21H19ClN2O3S/c1-14-8-9-17(12-15(14)2)24-28(26,27)18-10-11-20(22)19(13-18)21(25)23-16-6-4-3-5-7-16/h3-13,24H,1-2H3,(H,23,25). The van der Waals surface area contributed by atoms with Crippen LogP contribution in [-0.2, 0) is 10.0 Å². The molecule has 5 nitrogen and oxygen atoms in total. The largest absolute Gasteiger partial charge is 0.322 e. The highest BCUT2D eigenvalue weighted by Crippen LogP contribution is 2.24. The number of carbonyl (C=O) groups is 1. The molecule has 0 spiro atoms. The van der Waals surface area contributed by atoms with E-state index in [1.165, 1.54) is 18.2 Å². The van der Waals surface area contributed by atoms with Gasteiger partial charge in [-0.3, -0.25) is 9.52 Å². The van der Waals surface area contributed by atoms with Crippen LogP contribution in [0.3, 0.4) is 0 Å². The first-order valence-corrected chi connectivity index (χ1v) is 10.4. The number of rotatable bonds is 5. The molecule has 3 aromatic carbocycles. The maximum Gasteiger partial charge on any atom is 0.261 e. The summed E-state index contributed by atoms with van der Waals surface area (Å²) in [5.41, 5.74) is 3.15. The van der Waals surface area contributed by atoms with Crippen LogP contribution < -0.4 is 10.0 Å². The second-order valence-corrected chi connectivity index (χ2v) is 8.46. The van der Waals surface area contributed by atoms with E-state index < -0.39 is 15.9 Å². The molecule has 0 atom stereocenters. The molecular formula is C21H19ClN2O3S. The lowest BCUT2D eigenvalue weighted by atomic mass is 10.1. The van der Waals surface area contributed by atoms with Gasteiger partial charge in [0.2, 0.25) is 0 Å². The molecule has 0 fully saturated rings. The van der Waals surface area contributed by atoms with Crippen LogP contribution in [0.5, 0.6) is 0 Å². The van der Waals surface area contributed by atoms with Gasteiger partial charge >= 0.3 is 0 Å². The smallest absolute Gasteiger partial charge is 0.261 e. The minimum Gasteiger partial charge on any atom is -0.322 e. The second kappa shape index (κ2) is 8.04. The number of sulfonamides is 1. The van der Waals surface area contributed by atoms with E-state index >= 15 is 0 Å². The highest BCUT2D eigenvalue weighted by molar-refractivity contribution is 7.92. The van der Waals surface area contributed by atoms with Crippen molar-refractivity contribution in [2.75, 3.05) is 10.0 Å². The molecule has 0 heterocycles. The van der Waals surface area contributed by atoms with Crippen molar-refractivity contribution >= 4 is 38.9 Å². The van der Waals surface area contributed by atoms with Gasteiger partial charge in [-0.1, -0.05) is 35.9 Å². The molecule has 0 aliphatic carbocycles. The molecule has 0 saturated carbocycles. The van der Waals surface area contributed by atoms with Crippen LogP contribution in [0.15, 0.2) is 71.6 Å². The number of benzene rings is 3. The maximum atomic E-state index is 12.8. The van der Waals surface area contributed by atoms with E-state index in [9.17, 15) is 13.2 Å². The van der Waals surface area contributed by atoms with Crippen molar-refractivity contribution in [1.82, 2.24) is 0 Å². The number of aryl methyl sites for hydroxylation is 2. The van der Waals surface area contributed by atoms with Gasteiger partial charge in [-0.25, -0.2) is 8.42 Å². The Kier molecular flexibility index (Phi) is 5.72. The number of hydrogen-bond donors (Lipinski definition) is 2. The van der Waals surface area contributed by atoms with Crippen LogP contribution in [0, 0.1) is 13.8 Å². The Balaban J connectivity index is 1.88. The van der Waals surface area contributed by atoms with Gasteiger partial charge in [0, 0.05) is 11.4 Å². The summed E-state index contributed by atoms with van der Waals surface area (Å²) < 4.78 is 28.0. The van der Waals surface area contributed by atoms with Crippen molar-refractivity contribution in [1.29, 1.82) is 0 Å². The molecule has 7 heteroatoms. The first kappa shape index (κ1) is 19.9. The normalized spacial score (nSPS) is 11.1. The van der Waals surface area contributed by atoms with Crippen molar-refractivity contribution in [3.05, 3.63) is 88.4 Å². The molecule has 0 radical (unpaired) electrons. The maximum absolute atomic E-state index is 12.8. The Hall–Kier alpha value is -2.83. The highest BCUT2D eigenvalue weighted by atomic mass is 35.5. The van der Waals surface area contributed by atoms with Gasteiger partial charge in [-0.2, -0.15) is 0 Å². The van der Waals surface area contributed by atoms with Crippen molar-refractivity contribution in [2.45, 2.75) is 18.7 Å². The molecule has 0 saturated heterocycles. The zero-order chi connectivity index (χ0) is 20.3. The van der Waals surface area contributed by atoms with Crippen LogP contribution in [0.2, 0.25) is 5.02 Å².